The van der Waals surface area contributed by atoms with Crippen LogP contribution in [0.15, 0.2) is 71.9 Å². The molecular formula is C20H14ClN2O3S-. The Morgan fingerprint density at radius 3 is 2.41 bits per heavy atom. The number of halogens is 1. The van der Waals surface area contributed by atoms with Gasteiger partial charge in [-0.25, -0.2) is 4.98 Å². The number of aromatic carboxylic acids is 1. The van der Waals surface area contributed by atoms with Crippen molar-refractivity contribution in [1.29, 1.82) is 0 Å². The van der Waals surface area contributed by atoms with Crippen molar-refractivity contribution >= 4 is 40.9 Å². The fourth-order valence-corrected chi connectivity index (χ4v) is 3.37. The van der Waals surface area contributed by atoms with Crippen LogP contribution in [-0.4, -0.2) is 16.9 Å². The summed E-state index contributed by atoms with van der Waals surface area (Å²) >= 11 is 7.13. The van der Waals surface area contributed by atoms with Gasteiger partial charge in [0.2, 0.25) is 0 Å². The molecule has 0 bridgehead atoms. The van der Waals surface area contributed by atoms with Crippen LogP contribution in [0.25, 0.3) is 0 Å². The molecular weight excluding hydrogens is 384 g/mol. The molecule has 3 aromatic rings. The number of aromatic nitrogens is 1. The number of anilines is 1. The summed E-state index contributed by atoms with van der Waals surface area (Å²) in [5, 5.41) is 14.9. The van der Waals surface area contributed by atoms with E-state index in [-0.39, 0.29) is 11.5 Å². The maximum Gasteiger partial charge on any atom is 0.255 e. The zero-order valence-corrected chi connectivity index (χ0v) is 15.6. The van der Waals surface area contributed by atoms with Crippen molar-refractivity contribution in [3.05, 3.63) is 88.6 Å². The largest absolute Gasteiger partial charge is 0.545 e. The first kappa shape index (κ1) is 18.9. The minimum Gasteiger partial charge on any atom is -0.545 e. The minimum absolute atomic E-state index is 0.0708. The molecule has 0 aliphatic carbocycles. The van der Waals surface area contributed by atoms with Crippen molar-refractivity contribution in [1.82, 2.24) is 4.98 Å². The van der Waals surface area contributed by atoms with Gasteiger partial charge >= 0.3 is 0 Å². The Hall–Kier alpha value is -2.83. The Morgan fingerprint density at radius 2 is 1.74 bits per heavy atom. The van der Waals surface area contributed by atoms with Crippen LogP contribution in [-0.2, 0) is 5.75 Å². The van der Waals surface area contributed by atoms with E-state index >= 15 is 0 Å². The van der Waals surface area contributed by atoms with Gasteiger partial charge in [0.1, 0.15) is 5.03 Å². The highest BCUT2D eigenvalue weighted by molar-refractivity contribution is 7.98. The quantitative estimate of drug-likeness (QED) is 0.642. The van der Waals surface area contributed by atoms with Crippen LogP contribution in [0.2, 0.25) is 5.02 Å². The molecule has 1 N–H and O–H groups in total. The van der Waals surface area contributed by atoms with Gasteiger partial charge in [0.05, 0.1) is 5.97 Å². The van der Waals surface area contributed by atoms with Crippen LogP contribution in [0, 0.1) is 0 Å². The first-order valence-electron chi connectivity index (χ1n) is 7.98. The molecule has 0 saturated heterocycles. The van der Waals surface area contributed by atoms with E-state index in [1.54, 1.807) is 48.7 Å². The average Bonchev–Trinajstić information content (AvgIpc) is 2.68. The average molecular weight is 398 g/mol. The lowest BCUT2D eigenvalue weighted by molar-refractivity contribution is -0.255. The van der Waals surface area contributed by atoms with Gasteiger partial charge in [-0.05, 0) is 54.1 Å². The zero-order chi connectivity index (χ0) is 19.2. The third-order valence-electron chi connectivity index (χ3n) is 3.68. The zero-order valence-electron chi connectivity index (χ0n) is 14.0. The van der Waals surface area contributed by atoms with Gasteiger partial charge in [0, 0.05) is 33.8 Å². The van der Waals surface area contributed by atoms with Gasteiger partial charge in [-0.3, -0.25) is 4.79 Å². The molecule has 1 heterocycles. The van der Waals surface area contributed by atoms with Crippen LogP contribution in [0.5, 0.6) is 0 Å². The summed E-state index contributed by atoms with van der Waals surface area (Å²) in [4.78, 5) is 27.5. The normalized spacial score (nSPS) is 10.4. The number of rotatable bonds is 6. The van der Waals surface area contributed by atoms with E-state index in [0.29, 0.717) is 27.1 Å². The van der Waals surface area contributed by atoms with Crippen LogP contribution in [0.3, 0.4) is 0 Å². The maximum atomic E-state index is 12.3. The monoisotopic (exact) mass is 397 g/mol. The highest BCUT2D eigenvalue weighted by atomic mass is 35.5. The Labute approximate surface area is 165 Å². The predicted molar refractivity (Wildman–Crippen MR) is 104 cm³/mol. The summed E-state index contributed by atoms with van der Waals surface area (Å²) in [5.74, 6) is -0.948. The number of carbonyl (C=O) groups is 2. The molecule has 0 aliphatic heterocycles. The minimum atomic E-state index is -1.25. The summed E-state index contributed by atoms with van der Waals surface area (Å²) in [6.07, 6.45) is 1.54. The molecule has 1 amide bonds. The lowest BCUT2D eigenvalue weighted by atomic mass is 10.1. The molecule has 0 saturated carbocycles. The first-order chi connectivity index (χ1) is 13.0. The number of pyridine rings is 1. The molecule has 1 aromatic heterocycles. The highest BCUT2D eigenvalue weighted by Crippen LogP contribution is 2.24. The van der Waals surface area contributed by atoms with Gasteiger partial charge in [-0.2, -0.15) is 0 Å². The Bertz CT molecular complexity index is 960. The molecule has 5 nitrogen and oxygen atoms in total. The number of amides is 1. The second-order valence-corrected chi connectivity index (χ2v) is 6.99. The topological polar surface area (TPSA) is 82.1 Å². The lowest BCUT2D eigenvalue weighted by Crippen LogP contribution is -2.23. The van der Waals surface area contributed by atoms with E-state index in [1.165, 1.54) is 17.8 Å². The van der Waals surface area contributed by atoms with Gasteiger partial charge in [0.15, 0.2) is 0 Å². The van der Waals surface area contributed by atoms with Crippen molar-refractivity contribution in [3.63, 3.8) is 0 Å². The van der Waals surface area contributed by atoms with E-state index in [2.05, 4.69) is 10.3 Å². The second kappa shape index (κ2) is 8.70. The van der Waals surface area contributed by atoms with Gasteiger partial charge in [0.25, 0.3) is 5.91 Å². The van der Waals surface area contributed by atoms with Crippen molar-refractivity contribution < 1.29 is 14.7 Å². The van der Waals surface area contributed by atoms with Crippen molar-refractivity contribution in [2.24, 2.45) is 0 Å². The van der Waals surface area contributed by atoms with E-state index < -0.39 is 5.97 Å². The molecule has 0 unspecified atom stereocenters. The van der Waals surface area contributed by atoms with Gasteiger partial charge < -0.3 is 15.2 Å². The molecule has 2 aromatic carbocycles. The van der Waals surface area contributed by atoms with E-state index in [0.717, 1.165) is 5.56 Å². The molecule has 0 radical (unpaired) electrons. The van der Waals surface area contributed by atoms with E-state index in [9.17, 15) is 14.7 Å². The van der Waals surface area contributed by atoms with Crippen LogP contribution in [0.1, 0.15) is 26.3 Å². The lowest BCUT2D eigenvalue weighted by Gasteiger charge is -2.09. The number of carboxylic acid groups (broad SMARTS) is 1. The smallest absolute Gasteiger partial charge is 0.255 e. The van der Waals surface area contributed by atoms with Crippen LogP contribution in [0.4, 0.5) is 5.69 Å². The molecule has 0 spiro atoms. The van der Waals surface area contributed by atoms with E-state index in [1.807, 2.05) is 12.1 Å². The third kappa shape index (κ3) is 5.09. The predicted octanol–water partition coefficient (Wildman–Crippen LogP) is 3.64. The van der Waals surface area contributed by atoms with Crippen LogP contribution >= 0.6 is 23.4 Å². The standard InChI is InChI=1S/C20H15ClN2O3S/c21-15-7-9-16(10-8-15)23-18(24)14-5-3-13(4-6-14)12-27-19-17(20(25)26)2-1-11-22-19/h1-11H,12H2,(H,23,24)(H,25,26)/p-1. The molecule has 3 rings (SSSR count). The van der Waals surface area contributed by atoms with Crippen molar-refractivity contribution in [3.8, 4) is 0 Å². The number of thioether (sulfide) groups is 1. The van der Waals surface area contributed by atoms with Crippen molar-refractivity contribution in [2.75, 3.05) is 5.32 Å². The summed E-state index contributed by atoms with van der Waals surface area (Å²) in [5.41, 5.74) is 2.19. The number of hydrogen-bond donors (Lipinski definition) is 1. The van der Waals surface area contributed by atoms with Crippen molar-refractivity contribution in [2.45, 2.75) is 10.8 Å². The third-order valence-corrected chi connectivity index (χ3v) is 5.01. The molecule has 136 valence electrons. The number of benzene rings is 2. The van der Waals surface area contributed by atoms with E-state index in [4.69, 9.17) is 11.6 Å². The van der Waals surface area contributed by atoms with Gasteiger partial charge in [-0.1, -0.05) is 23.7 Å². The summed E-state index contributed by atoms with van der Waals surface area (Å²) < 4.78 is 0. The number of nitrogens with zero attached hydrogens (tertiary/aromatic N) is 1. The number of carbonyl (C=O) groups excluding carboxylic acids is 2. The van der Waals surface area contributed by atoms with Gasteiger partial charge in [-0.15, -0.1) is 11.8 Å². The summed E-state index contributed by atoms with van der Waals surface area (Å²) in [7, 11) is 0. The Morgan fingerprint density at radius 1 is 1.04 bits per heavy atom. The summed E-state index contributed by atoms with van der Waals surface area (Å²) in [6, 6.07) is 17.0. The molecule has 0 atom stereocenters. The number of carboxylic acids is 1. The SMILES string of the molecule is O=C(Nc1ccc(Cl)cc1)c1ccc(CSc2ncccc2C(=O)[O-])cc1. The fourth-order valence-electron chi connectivity index (χ4n) is 2.30. The maximum absolute atomic E-state index is 12.3. The molecule has 27 heavy (non-hydrogen) atoms. The number of nitrogens with one attached hydrogen (secondary N) is 1. The Balaban J connectivity index is 1.62. The molecule has 7 heteroatoms. The summed E-state index contributed by atoms with van der Waals surface area (Å²) in [6.45, 7) is 0. The first-order valence-corrected chi connectivity index (χ1v) is 9.34. The number of hydrogen-bond acceptors (Lipinski definition) is 5. The van der Waals surface area contributed by atoms with Crippen LogP contribution < -0.4 is 10.4 Å². The molecule has 0 aliphatic rings. The Kier molecular flexibility index (Phi) is 6.11. The second-order valence-electron chi connectivity index (χ2n) is 5.59. The molecule has 0 fully saturated rings. The highest BCUT2D eigenvalue weighted by Gasteiger charge is 2.08. The fraction of sp³-hybridized carbons (Fsp3) is 0.0500.